The number of benzene rings is 1. The van der Waals surface area contributed by atoms with E-state index in [0.29, 0.717) is 0 Å². The Morgan fingerprint density at radius 1 is 1.04 bits per heavy atom. The number of nitrogens with zero attached hydrogens (tertiary/aromatic N) is 3. The fraction of sp³-hybridized carbons (Fsp3) is 0.556. The molecule has 0 unspecified atom stereocenters. The van der Waals surface area contributed by atoms with Crippen LogP contribution < -0.4 is 4.90 Å². The highest BCUT2D eigenvalue weighted by atomic mass is 16.2. The minimum atomic E-state index is -0.0949. The zero-order chi connectivity index (χ0) is 17.1. The summed E-state index contributed by atoms with van der Waals surface area (Å²) in [5.41, 5.74) is 4.09. The van der Waals surface area contributed by atoms with Gasteiger partial charge in [-0.05, 0) is 38.9 Å². The van der Waals surface area contributed by atoms with Crippen molar-refractivity contribution in [1.29, 1.82) is 0 Å². The summed E-state index contributed by atoms with van der Waals surface area (Å²) in [7, 11) is 2.06. The number of carbonyl (C=O) groups excluding carboxylic acids is 2. The fourth-order valence-electron chi connectivity index (χ4n) is 3.24. The average molecular weight is 317 g/mol. The Kier molecular flexibility index (Phi) is 5.42. The fourth-order valence-corrected chi connectivity index (χ4v) is 3.24. The van der Waals surface area contributed by atoms with Crippen molar-refractivity contribution in [2.45, 2.75) is 27.7 Å². The van der Waals surface area contributed by atoms with E-state index in [1.54, 1.807) is 4.90 Å². The molecule has 1 aromatic rings. The van der Waals surface area contributed by atoms with Gasteiger partial charge in [0, 0.05) is 33.1 Å². The van der Waals surface area contributed by atoms with Crippen molar-refractivity contribution in [3.8, 4) is 0 Å². The number of hydrogen-bond acceptors (Lipinski definition) is 3. The molecule has 2 rings (SSSR count). The summed E-state index contributed by atoms with van der Waals surface area (Å²) in [5, 5.41) is 0. The molecule has 1 aromatic carbocycles. The van der Waals surface area contributed by atoms with Gasteiger partial charge in [-0.1, -0.05) is 17.7 Å². The molecule has 0 bridgehead atoms. The molecule has 5 heteroatoms. The molecule has 1 heterocycles. The highest BCUT2D eigenvalue weighted by Gasteiger charge is 2.24. The van der Waals surface area contributed by atoms with E-state index in [-0.39, 0.29) is 18.4 Å². The molecule has 1 fully saturated rings. The van der Waals surface area contributed by atoms with Gasteiger partial charge in [0.25, 0.3) is 0 Å². The Labute approximate surface area is 138 Å². The van der Waals surface area contributed by atoms with Gasteiger partial charge in [0.15, 0.2) is 0 Å². The molecular weight excluding hydrogens is 290 g/mol. The van der Waals surface area contributed by atoms with Gasteiger partial charge in [-0.2, -0.15) is 0 Å². The Balaban J connectivity index is 2.20. The van der Waals surface area contributed by atoms with Gasteiger partial charge < -0.3 is 14.7 Å². The van der Waals surface area contributed by atoms with Crippen LogP contribution >= 0.6 is 0 Å². The molecule has 0 radical (unpaired) electrons. The topological polar surface area (TPSA) is 43.9 Å². The van der Waals surface area contributed by atoms with E-state index in [4.69, 9.17) is 0 Å². The minimum absolute atomic E-state index is 0.0210. The van der Waals surface area contributed by atoms with Crippen molar-refractivity contribution in [3.63, 3.8) is 0 Å². The minimum Gasteiger partial charge on any atom is -0.339 e. The maximum absolute atomic E-state index is 12.6. The number of likely N-dealkylation sites (N-methyl/N-ethyl adjacent to an activating group) is 1. The molecule has 5 nitrogen and oxygen atoms in total. The smallest absolute Gasteiger partial charge is 0.242 e. The SMILES string of the molecule is CC(=O)N(CC(=O)N1CCN(C)CC1)c1c(C)cc(C)cc1C. The largest absolute Gasteiger partial charge is 0.339 e. The third-order valence-electron chi connectivity index (χ3n) is 4.43. The maximum Gasteiger partial charge on any atom is 0.242 e. The third kappa shape index (κ3) is 4.10. The highest BCUT2D eigenvalue weighted by Crippen LogP contribution is 2.26. The quantitative estimate of drug-likeness (QED) is 0.853. The van der Waals surface area contributed by atoms with Gasteiger partial charge in [-0.15, -0.1) is 0 Å². The van der Waals surface area contributed by atoms with Crippen molar-refractivity contribution in [2.75, 3.05) is 44.7 Å². The first-order valence-electron chi connectivity index (χ1n) is 8.12. The van der Waals surface area contributed by atoms with Crippen LogP contribution in [0.4, 0.5) is 5.69 Å². The molecule has 1 saturated heterocycles. The van der Waals surface area contributed by atoms with E-state index >= 15 is 0 Å². The van der Waals surface area contributed by atoms with Crippen molar-refractivity contribution in [1.82, 2.24) is 9.80 Å². The van der Waals surface area contributed by atoms with Crippen LogP contribution in [0.15, 0.2) is 12.1 Å². The molecule has 0 aromatic heterocycles. The van der Waals surface area contributed by atoms with Gasteiger partial charge in [-0.25, -0.2) is 0 Å². The van der Waals surface area contributed by atoms with Gasteiger partial charge in [0.1, 0.15) is 6.54 Å². The number of hydrogen-bond donors (Lipinski definition) is 0. The van der Waals surface area contributed by atoms with Gasteiger partial charge >= 0.3 is 0 Å². The molecule has 1 aliphatic heterocycles. The van der Waals surface area contributed by atoms with E-state index in [1.807, 2.05) is 25.7 Å². The lowest BCUT2D eigenvalue weighted by molar-refractivity contribution is -0.132. The van der Waals surface area contributed by atoms with Crippen molar-refractivity contribution in [3.05, 3.63) is 28.8 Å². The van der Waals surface area contributed by atoms with Gasteiger partial charge in [0.2, 0.25) is 11.8 Å². The highest BCUT2D eigenvalue weighted by molar-refractivity contribution is 5.98. The van der Waals surface area contributed by atoms with Crippen LogP contribution in [0.5, 0.6) is 0 Å². The Hall–Kier alpha value is -1.88. The van der Waals surface area contributed by atoms with Gasteiger partial charge in [0.05, 0.1) is 5.69 Å². The number of aryl methyl sites for hydroxylation is 3. The predicted octanol–water partition coefficient (Wildman–Crippen LogP) is 1.74. The standard InChI is InChI=1S/C18H27N3O2/c1-13-10-14(2)18(15(3)11-13)21(16(4)22)12-17(23)20-8-6-19(5)7-9-20/h10-11H,6-9,12H2,1-5H3. The molecule has 0 saturated carbocycles. The van der Waals surface area contributed by atoms with E-state index in [1.165, 1.54) is 6.92 Å². The number of rotatable bonds is 3. The monoisotopic (exact) mass is 317 g/mol. The van der Waals surface area contributed by atoms with Crippen LogP contribution in [0, 0.1) is 20.8 Å². The molecule has 23 heavy (non-hydrogen) atoms. The van der Waals surface area contributed by atoms with Crippen LogP contribution in [-0.4, -0.2) is 61.4 Å². The van der Waals surface area contributed by atoms with E-state index in [0.717, 1.165) is 48.6 Å². The van der Waals surface area contributed by atoms with Crippen LogP contribution in [0.1, 0.15) is 23.6 Å². The van der Waals surface area contributed by atoms with Crippen molar-refractivity contribution in [2.24, 2.45) is 0 Å². The molecule has 0 N–H and O–H groups in total. The zero-order valence-electron chi connectivity index (χ0n) is 14.8. The molecule has 0 aliphatic carbocycles. The summed E-state index contributed by atoms with van der Waals surface area (Å²) in [4.78, 5) is 30.4. The third-order valence-corrected chi connectivity index (χ3v) is 4.43. The van der Waals surface area contributed by atoms with Crippen LogP contribution in [0.25, 0.3) is 0 Å². The summed E-state index contributed by atoms with van der Waals surface area (Å²) in [6.45, 7) is 10.9. The van der Waals surface area contributed by atoms with Crippen LogP contribution in [-0.2, 0) is 9.59 Å². The number of carbonyl (C=O) groups is 2. The molecule has 2 amide bonds. The first-order valence-corrected chi connectivity index (χ1v) is 8.12. The molecule has 0 spiro atoms. The van der Waals surface area contributed by atoms with E-state index in [9.17, 15) is 9.59 Å². The summed E-state index contributed by atoms with van der Waals surface area (Å²) in [6, 6.07) is 4.11. The maximum atomic E-state index is 12.6. The summed E-state index contributed by atoms with van der Waals surface area (Å²) < 4.78 is 0. The second kappa shape index (κ2) is 7.13. The summed E-state index contributed by atoms with van der Waals surface area (Å²) in [6.07, 6.45) is 0. The first kappa shape index (κ1) is 17.5. The molecule has 0 atom stereocenters. The second-order valence-electron chi connectivity index (χ2n) is 6.54. The molecule has 1 aliphatic rings. The van der Waals surface area contributed by atoms with Crippen molar-refractivity contribution < 1.29 is 9.59 Å². The predicted molar refractivity (Wildman–Crippen MR) is 92.8 cm³/mol. The normalized spacial score (nSPS) is 15.6. The Morgan fingerprint density at radius 2 is 1.57 bits per heavy atom. The lowest BCUT2D eigenvalue weighted by Gasteiger charge is -2.34. The Bertz CT molecular complexity index is 581. The second-order valence-corrected chi connectivity index (χ2v) is 6.54. The zero-order valence-corrected chi connectivity index (χ0v) is 14.8. The average Bonchev–Trinajstić information content (AvgIpc) is 2.45. The summed E-state index contributed by atoms with van der Waals surface area (Å²) in [5.74, 6) is -0.0739. The number of amides is 2. The Morgan fingerprint density at radius 3 is 2.04 bits per heavy atom. The van der Waals surface area contributed by atoms with Gasteiger partial charge in [-0.3, -0.25) is 9.59 Å². The molecular formula is C18H27N3O2. The molecule has 126 valence electrons. The van der Waals surface area contributed by atoms with E-state index in [2.05, 4.69) is 24.1 Å². The number of anilines is 1. The lowest BCUT2D eigenvalue weighted by atomic mass is 10.0. The van der Waals surface area contributed by atoms with E-state index < -0.39 is 0 Å². The van der Waals surface area contributed by atoms with Crippen molar-refractivity contribution >= 4 is 17.5 Å². The first-order chi connectivity index (χ1) is 10.8. The lowest BCUT2D eigenvalue weighted by Crippen LogP contribution is -2.50. The van der Waals surface area contributed by atoms with Crippen LogP contribution in [0.3, 0.4) is 0 Å². The summed E-state index contributed by atoms with van der Waals surface area (Å²) >= 11 is 0. The van der Waals surface area contributed by atoms with Crippen LogP contribution in [0.2, 0.25) is 0 Å². The number of piperazine rings is 1.